The number of fused-ring (bicyclic) bond motifs is 3. The number of ether oxygens (including phenoxy) is 3. The van der Waals surface area contributed by atoms with E-state index in [-0.39, 0.29) is 36.1 Å². The standard InChI is InChI=1S/C33H38N4O9S2/c1-18-26-30(39)37(19(2)28(38)35-48(41,42)33(3)11-12-33)32(40)36(31(26)47-27(18)29-34-13-14-44-29)17-25(23-7-5-6-8-24(23)43-4)46-22-15-20-9-10-21(16-22)45-20/h5-8,13-14,19-22,25H,9-12,15-17H2,1-4H3,(H,35,38)/t19-,20+,21+,25-/m0/s1. The smallest absolute Gasteiger partial charge is 0.332 e. The topological polar surface area (TPSA) is 161 Å². The minimum absolute atomic E-state index is 0.0294. The highest BCUT2D eigenvalue weighted by Crippen LogP contribution is 2.43. The molecule has 1 amide bonds. The summed E-state index contributed by atoms with van der Waals surface area (Å²) < 4.78 is 53.4. The Bertz CT molecular complexity index is 2080. The van der Waals surface area contributed by atoms with E-state index in [1.807, 2.05) is 24.3 Å². The van der Waals surface area contributed by atoms with Crippen molar-refractivity contribution in [1.82, 2.24) is 18.8 Å². The maximum absolute atomic E-state index is 14.5. The second-order valence-electron chi connectivity index (χ2n) is 13.2. The van der Waals surface area contributed by atoms with Crippen LogP contribution >= 0.6 is 11.3 Å². The molecule has 5 heterocycles. The summed E-state index contributed by atoms with van der Waals surface area (Å²) in [5, 5.41) is 0.201. The molecule has 48 heavy (non-hydrogen) atoms. The van der Waals surface area contributed by atoms with Crippen LogP contribution in [-0.2, 0) is 30.8 Å². The lowest BCUT2D eigenvalue weighted by Gasteiger charge is -2.32. The van der Waals surface area contributed by atoms with Gasteiger partial charge in [-0.05, 0) is 70.9 Å². The third-order valence-corrected chi connectivity index (χ3v) is 13.4. The molecule has 0 radical (unpaired) electrons. The van der Waals surface area contributed by atoms with E-state index in [0.717, 1.165) is 17.4 Å². The number of amides is 1. The predicted molar refractivity (Wildman–Crippen MR) is 178 cm³/mol. The molecule has 1 aliphatic carbocycles. The highest BCUT2D eigenvalue weighted by atomic mass is 32.2. The quantitative estimate of drug-likeness (QED) is 0.240. The maximum Gasteiger partial charge on any atom is 0.332 e. The van der Waals surface area contributed by atoms with Crippen LogP contribution in [0, 0.1) is 6.92 Å². The molecule has 3 fully saturated rings. The molecule has 256 valence electrons. The number of aryl methyl sites for hydroxylation is 1. The summed E-state index contributed by atoms with van der Waals surface area (Å²) in [4.78, 5) is 47.3. The average molecular weight is 699 g/mol. The summed E-state index contributed by atoms with van der Waals surface area (Å²) in [6.07, 6.45) is 6.50. The number of rotatable bonds is 11. The molecule has 4 atom stereocenters. The summed E-state index contributed by atoms with van der Waals surface area (Å²) in [6.45, 7) is 4.60. The summed E-state index contributed by atoms with van der Waals surface area (Å²) >= 11 is 1.18. The van der Waals surface area contributed by atoms with Gasteiger partial charge in [-0.3, -0.25) is 18.9 Å². The first-order valence-electron chi connectivity index (χ1n) is 16.1. The third-order valence-electron chi connectivity index (χ3n) is 9.91. The largest absolute Gasteiger partial charge is 0.496 e. The molecule has 1 saturated carbocycles. The number of oxazole rings is 1. The van der Waals surface area contributed by atoms with E-state index in [9.17, 15) is 22.8 Å². The van der Waals surface area contributed by atoms with Gasteiger partial charge in [0.15, 0.2) is 0 Å². The van der Waals surface area contributed by atoms with Crippen LogP contribution in [0.4, 0.5) is 0 Å². The van der Waals surface area contributed by atoms with Crippen molar-refractivity contribution >= 4 is 37.5 Å². The zero-order valence-corrected chi connectivity index (χ0v) is 28.8. The molecule has 3 aliphatic rings. The normalized spacial score (nSPS) is 22.8. The second-order valence-corrected chi connectivity index (χ2v) is 16.4. The number of sulfonamides is 1. The maximum atomic E-state index is 14.5. The van der Waals surface area contributed by atoms with Crippen LogP contribution in [0.5, 0.6) is 5.75 Å². The first-order valence-corrected chi connectivity index (χ1v) is 18.4. The predicted octanol–water partition coefficient (Wildman–Crippen LogP) is 4.22. The fraction of sp³-hybridized carbons (Fsp3) is 0.515. The lowest BCUT2D eigenvalue weighted by molar-refractivity contribution is -0.122. The lowest BCUT2D eigenvalue weighted by Crippen LogP contribution is -2.48. The molecule has 3 aromatic heterocycles. The van der Waals surface area contributed by atoms with Crippen LogP contribution in [0.15, 0.2) is 50.7 Å². The van der Waals surface area contributed by atoms with Gasteiger partial charge in [0.1, 0.15) is 29.0 Å². The Labute approximate surface area is 280 Å². The van der Waals surface area contributed by atoms with Gasteiger partial charge < -0.3 is 18.6 Å². The average Bonchev–Trinajstić information content (AvgIpc) is 3.35. The highest BCUT2D eigenvalue weighted by Gasteiger charge is 2.51. The zero-order valence-electron chi connectivity index (χ0n) is 27.1. The Morgan fingerprint density at radius 1 is 1.19 bits per heavy atom. The number of hydrogen-bond donors (Lipinski definition) is 1. The molecule has 1 aromatic carbocycles. The van der Waals surface area contributed by atoms with Crippen molar-refractivity contribution in [3.8, 4) is 16.5 Å². The molecule has 13 nitrogen and oxygen atoms in total. The van der Waals surface area contributed by atoms with Crippen LogP contribution < -0.4 is 20.7 Å². The fourth-order valence-electron chi connectivity index (χ4n) is 6.78. The van der Waals surface area contributed by atoms with Gasteiger partial charge in [-0.15, -0.1) is 11.3 Å². The van der Waals surface area contributed by atoms with Gasteiger partial charge >= 0.3 is 5.69 Å². The zero-order chi connectivity index (χ0) is 34.0. The van der Waals surface area contributed by atoms with Crippen LogP contribution in [0.1, 0.15) is 75.6 Å². The molecule has 2 bridgehead atoms. The summed E-state index contributed by atoms with van der Waals surface area (Å²) in [5.74, 6) is -0.114. The molecule has 2 aliphatic heterocycles. The molecule has 0 spiro atoms. The monoisotopic (exact) mass is 698 g/mol. The number of carbonyl (C=O) groups is 1. The van der Waals surface area contributed by atoms with Crippen LogP contribution in [0.3, 0.4) is 0 Å². The molecule has 0 unspecified atom stereocenters. The van der Waals surface area contributed by atoms with Crippen molar-refractivity contribution in [3.63, 3.8) is 0 Å². The SMILES string of the molecule is COc1ccccc1[C@H](Cn1c(=O)n([C@@H](C)C(=O)NS(=O)(=O)C2(C)CC2)c(=O)c2c(C)c(-c3ncco3)sc21)OC1C[C@H]2CC[C@H](C1)O2. The number of thiophene rings is 1. The van der Waals surface area contributed by atoms with Crippen molar-refractivity contribution in [2.45, 2.75) is 101 Å². The number of benzene rings is 1. The van der Waals surface area contributed by atoms with Crippen LogP contribution in [0.2, 0.25) is 0 Å². The van der Waals surface area contributed by atoms with E-state index in [2.05, 4.69) is 9.71 Å². The first-order chi connectivity index (χ1) is 22.9. The van der Waals surface area contributed by atoms with Crippen molar-refractivity contribution < 1.29 is 31.8 Å². The summed E-state index contributed by atoms with van der Waals surface area (Å²) in [5.41, 5.74) is -0.258. The van der Waals surface area contributed by atoms with Gasteiger partial charge in [0, 0.05) is 5.56 Å². The van der Waals surface area contributed by atoms with Crippen molar-refractivity contribution in [2.75, 3.05) is 7.11 Å². The fourth-order valence-corrected chi connectivity index (χ4v) is 9.34. The molecule has 1 N–H and O–H groups in total. The number of carbonyl (C=O) groups excluding carboxylic acids is 1. The van der Waals surface area contributed by atoms with E-state index in [4.69, 9.17) is 18.6 Å². The van der Waals surface area contributed by atoms with Gasteiger partial charge in [-0.25, -0.2) is 22.8 Å². The van der Waals surface area contributed by atoms with Crippen LogP contribution in [-0.4, -0.2) is 58.6 Å². The van der Waals surface area contributed by atoms with Crippen molar-refractivity contribution in [1.29, 1.82) is 0 Å². The molecular weight excluding hydrogens is 661 g/mol. The second kappa shape index (κ2) is 12.3. The minimum atomic E-state index is -4.02. The highest BCUT2D eigenvalue weighted by molar-refractivity contribution is 7.91. The lowest BCUT2D eigenvalue weighted by atomic mass is 10.0. The van der Waals surface area contributed by atoms with E-state index >= 15 is 0 Å². The Morgan fingerprint density at radius 2 is 1.90 bits per heavy atom. The number of aromatic nitrogens is 3. The molecule has 7 rings (SSSR count). The number of hydrogen-bond acceptors (Lipinski definition) is 11. The number of methoxy groups -OCH3 is 1. The molecule has 2 saturated heterocycles. The van der Waals surface area contributed by atoms with Crippen molar-refractivity contribution in [2.24, 2.45) is 0 Å². The Morgan fingerprint density at radius 3 is 2.54 bits per heavy atom. The van der Waals surface area contributed by atoms with Gasteiger partial charge in [0.2, 0.25) is 15.9 Å². The summed E-state index contributed by atoms with van der Waals surface area (Å²) in [6, 6.07) is 5.97. The summed E-state index contributed by atoms with van der Waals surface area (Å²) in [7, 11) is -2.45. The van der Waals surface area contributed by atoms with Gasteiger partial charge in [0.05, 0.1) is 53.2 Å². The number of nitrogens with one attached hydrogen (secondary N) is 1. The van der Waals surface area contributed by atoms with Gasteiger partial charge in [-0.1, -0.05) is 18.2 Å². The Kier molecular flexibility index (Phi) is 8.37. The molecule has 4 aromatic rings. The van der Waals surface area contributed by atoms with Gasteiger partial charge in [0.25, 0.3) is 11.5 Å². The number of para-hydroxylation sites is 1. The number of nitrogens with zero attached hydrogens (tertiary/aromatic N) is 3. The first kappa shape index (κ1) is 32.7. The third kappa shape index (κ3) is 5.69. The van der Waals surface area contributed by atoms with E-state index in [0.29, 0.717) is 52.3 Å². The van der Waals surface area contributed by atoms with E-state index < -0.39 is 44.1 Å². The van der Waals surface area contributed by atoms with Crippen LogP contribution in [0.25, 0.3) is 21.0 Å². The minimum Gasteiger partial charge on any atom is -0.496 e. The molecule has 15 heteroatoms. The van der Waals surface area contributed by atoms with E-state index in [1.54, 1.807) is 21.0 Å². The Hall–Kier alpha value is -3.79. The van der Waals surface area contributed by atoms with E-state index in [1.165, 1.54) is 35.3 Å². The van der Waals surface area contributed by atoms with Crippen molar-refractivity contribution in [3.05, 3.63) is 68.7 Å². The molecular formula is C33H38N4O9S2. The Balaban J connectivity index is 1.37. The van der Waals surface area contributed by atoms with Gasteiger partial charge in [-0.2, -0.15) is 0 Å².